The van der Waals surface area contributed by atoms with Gasteiger partial charge in [0.05, 0.1) is 6.04 Å². The van der Waals surface area contributed by atoms with Gasteiger partial charge in [0.25, 0.3) is 0 Å². The molecule has 0 unspecified atom stereocenters. The van der Waals surface area contributed by atoms with Crippen LogP contribution in [0.5, 0.6) is 0 Å². The van der Waals surface area contributed by atoms with Crippen molar-refractivity contribution in [3.63, 3.8) is 0 Å². The molecule has 1 heterocycles. The molecule has 1 amide bonds. The number of carbonyl (C=O) groups excluding carboxylic acids is 1. The third-order valence-electron chi connectivity index (χ3n) is 1.32. The Morgan fingerprint density at radius 1 is 1.78 bits per heavy atom. The number of carbonyl (C=O) groups is 1. The van der Waals surface area contributed by atoms with Gasteiger partial charge in [0, 0.05) is 20.0 Å². The first-order valence-corrected chi connectivity index (χ1v) is 2.95. The summed E-state index contributed by atoms with van der Waals surface area (Å²) in [6.07, 6.45) is 0. The Bertz CT molecular complexity index is 119. The molecule has 1 rings (SSSR count). The molecule has 0 atom stereocenters. The van der Waals surface area contributed by atoms with E-state index in [1.54, 1.807) is 5.01 Å². The molecule has 1 saturated heterocycles. The molecule has 1 aliphatic heterocycles. The summed E-state index contributed by atoms with van der Waals surface area (Å²) >= 11 is 0. The summed E-state index contributed by atoms with van der Waals surface area (Å²) in [5.41, 5.74) is 0. The third kappa shape index (κ3) is 1.65. The monoisotopic (exact) mass is 129 g/mol. The van der Waals surface area contributed by atoms with E-state index in [9.17, 15) is 4.79 Å². The van der Waals surface area contributed by atoms with Crippen molar-refractivity contribution in [2.24, 2.45) is 5.84 Å². The highest BCUT2D eigenvalue weighted by Crippen LogP contribution is 1.99. The molecule has 0 aromatic carbocycles. The number of nitrogens with one attached hydrogen (secondary N) is 1. The summed E-state index contributed by atoms with van der Waals surface area (Å²) in [6.45, 7) is 3.07. The number of hydrogen-bond donors (Lipinski definition) is 2. The summed E-state index contributed by atoms with van der Waals surface area (Å²) in [7, 11) is 0. The first-order chi connectivity index (χ1) is 4.18. The maximum atomic E-state index is 10.4. The Hall–Kier alpha value is -0.610. The van der Waals surface area contributed by atoms with Crippen LogP contribution in [0.25, 0.3) is 0 Å². The lowest BCUT2D eigenvalue weighted by atomic mass is 10.2. The van der Waals surface area contributed by atoms with E-state index >= 15 is 0 Å². The van der Waals surface area contributed by atoms with E-state index in [1.807, 2.05) is 0 Å². The molecule has 0 saturated carbocycles. The van der Waals surface area contributed by atoms with Gasteiger partial charge in [0.15, 0.2) is 0 Å². The SMILES string of the molecule is CC(=O)NC1CN(N)C1. The second kappa shape index (κ2) is 2.33. The normalized spacial score (nSPS) is 21.1. The summed E-state index contributed by atoms with van der Waals surface area (Å²) in [4.78, 5) is 10.4. The Balaban J connectivity index is 2.11. The molecular formula is C5H11N3O. The van der Waals surface area contributed by atoms with Gasteiger partial charge >= 0.3 is 0 Å². The van der Waals surface area contributed by atoms with Crippen molar-refractivity contribution in [2.75, 3.05) is 13.1 Å². The van der Waals surface area contributed by atoms with Gasteiger partial charge in [-0.1, -0.05) is 0 Å². The van der Waals surface area contributed by atoms with Crippen LogP contribution in [0.4, 0.5) is 0 Å². The van der Waals surface area contributed by atoms with Crippen molar-refractivity contribution < 1.29 is 4.79 Å². The molecule has 0 radical (unpaired) electrons. The molecule has 0 aromatic heterocycles. The average molecular weight is 129 g/mol. The molecule has 52 valence electrons. The van der Waals surface area contributed by atoms with E-state index < -0.39 is 0 Å². The third-order valence-corrected chi connectivity index (χ3v) is 1.32. The average Bonchev–Trinajstić information content (AvgIpc) is 1.60. The van der Waals surface area contributed by atoms with Crippen molar-refractivity contribution in [2.45, 2.75) is 13.0 Å². The summed E-state index contributed by atoms with van der Waals surface area (Å²) in [5.74, 6) is 5.35. The fourth-order valence-electron chi connectivity index (χ4n) is 0.891. The van der Waals surface area contributed by atoms with Gasteiger partial charge in [-0.3, -0.25) is 10.6 Å². The number of hydrazine groups is 1. The van der Waals surface area contributed by atoms with Gasteiger partial charge in [-0.2, -0.15) is 0 Å². The Morgan fingerprint density at radius 2 is 2.33 bits per heavy atom. The molecule has 1 aliphatic rings. The van der Waals surface area contributed by atoms with Crippen LogP contribution in [-0.4, -0.2) is 30.0 Å². The fourth-order valence-corrected chi connectivity index (χ4v) is 0.891. The highest BCUT2D eigenvalue weighted by molar-refractivity contribution is 5.73. The van der Waals surface area contributed by atoms with Crippen LogP contribution < -0.4 is 11.2 Å². The van der Waals surface area contributed by atoms with E-state index in [1.165, 1.54) is 6.92 Å². The smallest absolute Gasteiger partial charge is 0.217 e. The zero-order valence-electron chi connectivity index (χ0n) is 5.42. The van der Waals surface area contributed by atoms with E-state index in [-0.39, 0.29) is 11.9 Å². The molecular weight excluding hydrogens is 118 g/mol. The molecule has 0 aromatic rings. The second-order valence-corrected chi connectivity index (χ2v) is 2.35. The maximum absolute atomic E-state index is 10.4. The van der Waals surface area contributed by atoms with Crippen molar-refractivity contribution in [3.05, 3.63) is 0 Å². The standard InChI is InChI=1S/C5H11N3O/c1-4(9)7-5-2-8(6)3-5/h5H,2-3,6H2,1H3,(H,7,9). The van der Waals surface area contributed by atoms with Crippen molar-refractivity contribution in [3.8, 4) is 0 Å². The first kappa shape index (κ1) is 6.51. The van der Waals surface area contributed by atoms with E-state index in [4.69, 9.17) is 5.84 Å². The van der Waals surface area contributed by atoms with Crippen LogP contribution in [0.3, 0.4) is 0 Å². The van der Waals surface area contributed by atoms with Crippen molar-refractivity contribution >= 4 is 5.91 Å². The van der Waals surface area contributed by atoms with Gasteiger partial charge in [-0.05, 0) is 0 Å². The fraction of sp³-hybridized carbons (Fsp3) is 0.800. The molecule has 9 heavy (non-hydrogen) atoms. The van der Waals surface area contributed by atoms with E-state index in [2.05, 4.69) is 5.32 Å². The van der Waals surface area contributed by atoms with Crippen LogP contribution in [0.15, 0.2) is 0 Å². The van der Waals surface area contributed by atoms with Crippen LogP contribution in [0, 0.1) is 0 Å². The predicted molar refractivity (Wildman–Crippen MR) is 33.4 cm³/mol. The highest BCUT2D eigenvalue weighted by Gasteiger charge is 2.23. The van der Waals surface area contributed by atoms with Crippen LogP contribution >= 0.6 is 0 Å². The van der Waals surface area contributed by atoms with Gasteiger partial charge < -0.3 is 5.32 Å². The zero-order chi connectivity index (χ0) is 6.85. The molecule has 0 bridgehead atoms. The number of amides is 1. The first-order valence-electron chi connectivity index (χ1n) is 2.95. The quantitative estimate of drug-likeness (QED) is 0.432. The molecule has 0 aliphatic carbocycles. The molecule has 4 nitrogen and oxygen atoms in total. The number of hydrogen-bond acceptors (Lipinski definition) is 3. The van der Waals surface area contributed by atoms with Crippen molar-refractivity contribution in [1.29, 1.82) is 0 Å². The second-order valence-electron chi connectivity index (χ2n) is 2.35. The summed E-state index contributed by atoms with van der Waals surface area (Å²) < 4.78 is 0. The lowest BCUT2D eigenvalue weighted by molar-refractivity contribution is -0.120. The van der Waals surface area contributed by atoms with Crippen LogP contribution in [0.2, 0.25) is 0 Å². The van der Waals surface area contributed by atoms with Gasteiger partial charge in [0.1, 0.15) is 0 Å². The summed E-state index contributed by atoms with van der Waals surface area (Å²) in [5, 5.41) is 4.42. The molecule has 4 heteroatoms. The largest absolute Gasteiger partial charge is 0.351 e. The number of nitrogens with zero attached hydrogens (tertiary/aromatic N) is 1. The molecule has 1 fully saturated rings. The Labute approximate surface area is 54.0 Å². The zero-order valence-corrected chi connectivity index (χ0v) is 5.42. The molecule has 0 spiro atoms. The highest BCUT2D eigenvalue weighted by atomic mass is 16.1. The minimum atomic E-state index is 0.0214. The number of nitrogens with two attached hydrogens (primary N) is 1. The lowest BCUT2D eigenvalue weighted by Crippen LogP contribution is -2.61. The van der Waals surface area contributed by atoms with Crippen LogP contribution in [0.1, 0.15) is 6.92 Å². The topological polar surface area (TPSA) is 58.4 Å². The predicted octanol–water partition coefficient (Wildman–Crippen LogP) is -1.32. The minimum absolute atomic E-state index is 0.0214. The summed E-state index contributed by atoms with van der Waals surface area (Å²) in [6, 6.07) is 0.285. The van der Waals surface area contributed by atoms with Crippen molar-refractivity contribution in [1.82, 2.24) is 10.3 Å². The van der Waals surface area contributed by atoms with E-state index in [0.717, 1.165) is 13.1 Å². The van der Waals surface area contributed by atoms with Gasteiger partial charge in [0.2, 0.25) is 5.91 Å². The maximum Gasteiger partial charge on any atom is 0.217 e. The molecule has 3 N–H and O–H groups in total. The lowest BCUT2D eigenvalue weighted by Gasteiger charge is -2.35. The van der Waals surface area contributed by atoms with Crippen LogP contribution in [-0.2, 0) is 4.79 Å². The number of rotatable bonds is 1. The minimum Gasteiger partial charge on any atom is -0.351 e. The van der Waals surface area contributed by atoms with Gasteiger partial charge in [-0.25, -0.2) is 5.01 Å². The van der Waals surface area contributed by atoms with E-state index in [0.29, 0.717) is 0 Å². The Kier molecular flexibility index (Phi) is 1.68. The van der Waals surface area contributed by atoms with Gasteiger partial charge in [-0.15, -0.1) is 0 Å². The Morgan fingerprint density at radius 3 is 2.67 bits per heavy atom.